The predicted octanol–water partition coefficient (Wildman–Crippen LogP) is 1.22. The molecule has 1 amide bonds. The summed E-state index contributed by atoms with van der Waals surface area (Å²) in [5, 5.41) is 2.71. The second-order valence-corrected chi connectivity index (χ2v) is 3.69. The Morgan fingerprint density at radius 3 is 2.94 bits per heavy atom. The molecule has 3 nitrogen and oxygen atoms in total. The lowest BCUT2D eigenvalue weighted by Crippen LogP contribution is -2.40. The number of halogens is 1. The van der Waals surface area contributed by atoms with Crippen molar-refractivity contribution in [2.75, 3.05) is 6.54 Å². The third-order valence-electron chi connectivity index (χ3n) is 2.38. The Balaban J connectivity index is 2.33. The van der Waals surface area contributed by atoms with Crippen LogP contribution in [0.15, 0.2) is 24.3 Å². The monoisotopic (exact) mass is 224 g/mol. The highest BCUT2D eigenvalue weighted by atomic mass is 19.1. The average molecular weight is 224 g/mol. The zero-order chi connectivity index (χ0) is 12.0. The second-order valence-electron chi connectivity index (χ2n) is 3.69. The molecular weight excluding hydrogens is 207 g/mol. The van der Waals surface area contributed by atoms with E-state index >= 15 is 0 Å². The van der Waals surface area contributed by atoms with Crippen molar-refractivity contribution in [2.45, 2.75) is 25.8 Å². The zero-order valence-electron chi connectivity index (χ0n) is 9.37. The number of nitrogens with two attached hydrogens (primary N) is 1. The standard InChI is InChI=1S/C12H17FN2O/c1-2-11(14)12(16)15-7-6-9-4-3-5-10(13)8-9/h3-5,8,11H,2,6-7,14H2,1H3,(H,15,16). The SMILES string of the molecule is CCC(N)C(=O)NCCc1cccc(F)c1. The molecule has 0 bridgehead atoms. The maximum Gasteiger partial charge on any atom is 0.236 e. The van der Waals surface area contributed by atoms with E-state index < -0.39 is 6.04 Å². The minimum atomic E-state index is -0.451. The molecule has 0 fully saturated rings. The van der Waals surface area contributed by atoms with Crippen LogP contribution in [-0.4, -0.2) is 18.5 Å². The highest BCUT2D eigenvalue weighted by Crippen LogP contribution is 2.03. The van der Waals surface area contributed by atoms with Crippen molar-refractivity contribution >= 4 is 5.91 Å². The summed E-state index contributed by atoms with van der Waals surface area (Å²) in [5.41, 5.74) is 6.41. The van der Waals surface area contributed by atoms with Crippen LogP contribution in [0.1, 0.15) is 18.9 Å². The molecule has 0 aromatic heterocycles. The van der Waals surface area contributed by atoms with E-state index in [4.69, 9.17) is 5.73 Å². The molecule has 4 heteroatoms. The molecule has 0 aliphatic rings. The minimum absolute atomic E-state index is 0.154. The van der Waals surface area contributed by atoms with Crippen LogP contribution in [0, 0.1) is 5.82 Å². The fraction of sp³-hybridized carbons (Fsp3) is 0.417. The van der Waals surface area contributed by atoms with Gasteiger partial charge in [-0.1, -0.05) is 19.1 Å². The van der Waals surface area contributed by atoms with Crippen LogP contribution in [0.25, 0.3) is 0 Å². The number of carbonyl (C=O) groups excluding carboxylic acids is 1. The Morgan fingerprint density at radius 2 is 2.31 bits per heavy atom. The largest absolute Gasteiger partial charge is 0.354 e. The molecule has 88 valence electrons. The van der Waals surface area contributed by atoms with E-state index in [0.717, 1.165) is 5.56 Å². The van der Waals surface area contributed by atoms with Gasteiger partial charge in [0.1, 0.15) is 5.82 Å². The van der Waals surface area contributed by atoms with E-state index in [2.05, 4.69) is 5.32 Å². The van der Waals surface area contributed by atoms with Crippen LogP contribution in [0.5, 0.6) is 0 Å². The molecule has 16 heavy (non-hydrogen) atoms. The van der Waals surface area contributed by atoms with E-state index in [1.807, 2.05) is 13.0 Å². The Kier molecular flexibility index (Phi) is 4.92. The summed E-state index contributed by atoms with van der Waals surface area (Å²) in [6.07, 6.45) is 1.23. The van der Waals surface area contributed by atoms with E-state index in [9.17, 15) is 9.18 Å². The lowest BCUT2D eigenvalue weighted by atomic mass is 10.1. The van der Waals surface area contributed by atoms with Crippen LogP contribution in [-0.2, 0) is 11.2 Å². The normalized spacial score (nSPS) is 12.2. The third kappa shape index (κ3) is 3.98. The number of amides is 1. The molecule has 0 saturated heterocycles. The molecule has 3 N–H and O–H groups in total. The van der Waals surface area contributed by atoms with Gasteiger partial charge in [0, 0.05) is 6.54 Å². The number of carbonyl (C=O) groups is 1. The zero-order valence-corrected chi connectivity index (χ0v) is 9.37. The lowest BCUT2D eigenvalue weighted by molar-refractivity contribution is -0.122. The van der Waals surface area contributed by atoms with Gasteiger partial charge >= 0.3 is 0 Å². The summed E-state index contributed by atoms with van der Waals surface area (Å²) in [6, 6.07) is 5.90. The van der Waals surface area contributed by atoms with Crippen molar-refractivity contribution in [3.8, 4) is 0 Å². The first-order valence-electron chi connectivity index (χ1n) is 5.41. The van der Waals surface area contributed by atoms with Crippen molar-refractivity contribution in [3.05, 3.63) is 35.6 Å². The summed E-state index contributed by atoms with van der Waals surface area (Å²) in [4.78, 5) is 11.3. The molecule has 0 saturated carbocycles. The highest BCUT2D eigenvalue weighted by Gasteiger charge is 2.09. The number of hydrogen-bond acceptors (Lipinski definition) is 2. The topological polar surface area (TPSA) is 55.1 Å². The maximum atomic E-state index is 12.8. The fourth-order valence-corrected chi connectivity index (χ4v) is 1.34. The van der Waals surface area contributed by atoms with Crippen LogP contribution < -0.4 is 11.1 Å². The molecule has 0 radical (unpaired) electrons. The average Bonchev–Trinajstić information content (AvgIpc) is 2.28. The van der Waals surface area contributed by atoms with E-state index in [-0.39, 0.29) is 11.7 Å². The number of rotatable bonds is 5. The minimum Gasteiger partial charge on any atom is -0.354 e. The van der Waals surface area contributed by atoms with Crippen molar-refractivity contribution in [2.24, 2.45) is 5.73 Å². The Morgan fingerprint density at radius 1 is 1.56 bits per heavy atom. The molecule has 0 spiro atoms. The Bertz CT molecular complexity index is 355. The van der Waals surface area contributed by atoms with Gasteiger partial charge in [0.25, 0.3) is 0 Å². The summed E-state index contributed by atoms with van der Waals surface area (Å²) in [5.74, 6) is -0.409. The second kappa shape index (κ2) is 6.23. The molecular formula is C12H17FN2O. The van der Waals surface area contributed by atoms with E-state index in [1.54, 1.807) is 6.07 Å². The maximum absolute atomic E-state index is 12.8. The molecule has 1 aromatic rings. The summed E-state index contributed by atoms with van der Waals surface area (Å²) >= 11 is 0. The van der Waals surface area contributed by atoms with Gasteiger partial charge in [-0.3, -0.25) is 4.79 Å². The fourth-order valence-electron chi connectivity index (χ4n) is 1.34. The number of nitrogens with one attached hydrogen (secondary N) is 1. The van der Waals surface area contributed by atoms with Gasteiger partial charge < -0.3 is 11.1 Å². The lowest BCUT2D eigenvalue weighted by Gasteiger charge is -2.09. The first-order chi connectivity index (χ1) is 7.63. The van der Waals surface area contributed by atoms with Gasteiger partial charge in [-0.15, -0.1) is 0 Å². The highest BCUT2D eigenvalue weighted by molar-refractivity contribution is 5.81. The Labute approximate surface area is 94.8 Å². The Hall–Kier alpha value is -1.42. The van der Waals surface area contributed by atoms with Crippen molar-refractivity contribution < 1.29 is 9.18 Å². The van der Waals surface area contributed by atoms with Crippen molar-refractivity contribution in [3.63, 3.8) is 0 Å². The summed E-state index contributed by atoms with van der Waals surface area (Å²) in [6.45, 7) is 2.34. The van der Waals surface area contributed by atoms with Crippen molar-refractivity contribution in [1.82, 2.24) is 5.32 Å². The van der Waals surface area contributed by atoms with Gasteiger partial charge in [-0.25, -0.2) is 4.39 Å². The van der Waals surface area contributed by atoms with Crippen LogP contribution in [0.4, 0.5) is 4.39 Å². The molecule has 1 atom stereocenters. The molecule has 0 aliphatic heterocycles. The number of benzene rings is 1. The van der Waals surface area contributed by atoms with Crippen LogP contribution >= 0.6 is 0 Å². The van der Waals surface area contributed by atoms with Gasteiger partial charge in [-0.05, 0) is 30.5 Å². The van der Waals surface area contributed by atoms with Crippen molar-refractivity contribution in [1.29, 1.82) is 0 Å². The molecule has 1 rings (SSSR count). The number of hydrogen-bond donors (Lipinski definition) is 2. The smallest absolute Gasteiger partial charge is 0.236 e. The van der Waals surface area contributed by atoms with Gasteiger partial charge in [0.05, 0.1) is 6.04 Å². The first-order valence-corrected chi connectivity index (χ1v) is 5.41. The first kappa shape index (κ1) is 12.6. The predicted molar refractivity (Wildman–Crippen MR) is 61.4 cm³/mol. The van der Waals surface area contributed by atoms with Crippen LogP contribution in [0.3, 0.4) is 0 Å². The summed E-state index contributed by atoms with van der Waals surface area (Å²) in [7, 11) is 0. The molecule has 0 aliphatic carbocycles. The van der Waals surface area contributed by atoms with Crippen LogP contribution in [0.2, 0.25) is 0 Å². The molecule has 0 heterocycles. The van der Waals surface area contributed by atoms with E-state index in [1.165, 1.54) is 12.1 Å². The van der Waals surface area contributed by atoms with E-state index in [0.29, 0.717) is 19.4 Å². The van der Waals surface area contributed by atoms with Gasteiger partial charge in [-0.2, -0.15) is 0 Å². The third-order valence-corrected chi connectivity index (χ3v) is 2.38. The van der Waals surface area contributed by atoms with Gasteiger partial charge in [0.15, 0.2) is 0 Å². The molecule has 1 aromatic carbocycles. The molecule has 1 unspecified atom stereocenters. The summed E-state index contributed by atoms with van der Waals surface area (Å²) < 4.78 is 12.8. The van der Waals surface area contributed by atoms with Gasteiger partial charge in [0.2, 0.25) is 5.91 Å². The quantitative estimate of drug-likeness (QED) is 0.790.